The normalized spacial score (nSPS) is 11.2. The number of nitrogens with zero attached hydrogens (tertiary/aromatic N) is 3. The number of benzene rings is 3. The van der Waals surface area contributed by atoms with Crippen LogP contribution in [0, 0.1) is 10.1 Å². The van der Waals surface area contributed by atoms with Gasteiger partial charge < -0.3 is 5.11 Å². The van der Waals surface area contributed by atoms with E-state index in [1.54, 1.807) is 24.3 Å². The van der Waals surface area contributed by atoms with Crippen molar-refractivity contribution in [3.8, 4) is 0 Å². The number of carboxylic acid groups (broad SMARTS) is 1. The molecule has 0 radical (unpaired) electrons. The molecule has 0 saturated heterocycles. The number of fused-ring (bicyclic) bond motifs is 1. The Morgan fingerprint density at radius 3 is 2.24 bits per heavy atom. The van der Waals surface area contributed by atoms with Crippen LogP contribution in [0.5, 0.6) is 0 Å². The summed E-state index contributed by atoms with van der Waals surface area (Å²) in [5, 5.41) is 21.6. The molecule has 170 valence electrons. The maximum atomic E-state index is 13.7. The summed E-state index contributed by atoms with van der Waals surface area (Å²) in [7, 11) is -4.88. The van der Waals surface area contributed by atoms with Gasteiger partial charge in [-0.25, -0.2) is 13.2 Å². The van der Waals surface area contributed by atoms with Gasteiger partial charge in [0.2, 0.25) is 0 Å². The Morgan fingerprint density at radius 2 is 1.53 bits per heavy atom. The predicted molar refractivity (Wildman–Crippen MR) is 122 cm³/mol. The lowest BCUT2D eigenvalue weighted by Gasteiger charge is -2.23. The smallest absolute Gasteiger partial charge is 0.336 e. The number of anilines is 1. The number of rotatable bonds is 6. The van der Waals surface area contributed by atoms with Crippen molar-refractivity contribution >= 4 is 44.2 Å². The molecule has 1 aromatic heterocycles. The minimum absolute atomic E-state index is 0.206. The number of hydrogen-bond donors (Lipinski definition) is 1. The van der Waals surface area contributed by atoms with Gasteiger partial charge in [0.15, 0.2) is 4.90 Å². The fourth-order valence-corrected chi connectivity index (χ4v) is 4.97. The second-order valence-electron chi connectivity index (χ2n) is 7.04. The zero-order valence-electron chi connectivity index (χ0n) is 17.2. The van der Waals surface area contributed by atoms with E-state index in [4.69, 9.17) is 0 Å². The predicted octanol–water partition coefficient (Wildman–Crippen LogP) is 3.88. The quantitative estimate of drug-likeness (QED) is 0.325. The maximum absolute atomic E-state index is 13.7. The highest BCUT2D eigenvalue weighted by Crippen LogP contribution is 2.32. The van der Waals surface area contributed by atoms with E-state index in [0.29, 0.717) is 15.2 Å². The third-order valence-electron chi connectivity index (χ3n) is 4.96. The van der Waals surface area contributed by atoms with Crippen LogP contribution in [0.1, 0.15) is 20.7 Å². The van der Waals surface area contributed by atoms with Crippen LogP contribution in [-0.4, -0.2) is 35.3 Å². The average molecular weight is 477 g/mol. The van der Waals surface area contributed by atoms with E-state index < -0.39 is 48.5 Å². The van der Waals surface area contributed by atoms with Crippen molar-refractivity contribution in [3.05, 3.63) is 106 Å². The third-order valence-corrected chi connectivity index (χ3v) is 6.72. The number of amides is 1. The fourth-order valence-electron chi connectivity index (χ4n) is 3.43. The number of nitro groups is 1. The Labute approximate surface area is 192 Å². The number of carboxylic acids is 1. The Hall–Kier alpha value is -4.64. The Morgan fingerprint density at radius 1 is 0.912 bits per heavy atom. The Kier molecular flexibility index (Phi) is 5.78. The molecule has 0 spiro atoms. The van der Waals surface area contributed by atoms with Gasteiger partial charge in [0, 0.05) is 11.5 Å². The second kappa shape index (κ2) is 8.71. The number of carbonyl (C=O) groups excluding carboxylic acids is 1. The van der Waals surface area contributed by atoms with Crippen LogP contribution in [0.4, 0.5) is 11.4 Å². The lowest BCUT2D eigenvalue weighted by atomic mass is 10.1. The number of aromatic carboxylic acids is 1. The van der Waals surface area contributed by atoms with Crippen molar-refractivity contribution in [3.63, 3.8) is 0 Å². The lowest BCUT2D eigenvalue weighted by Crippen LogP contribution is -2.38. The molecule has 0 atom stereocenters. The van der Waals surface area contributed by atoms with Gasteiger partial charge in [-0.15, -0.1) is 0 Å². The topological polar surface area (TPSA) is 148 Å². The molecule has 1 N–H and O–H groups in total. The van der Waals surface area contributed by atoms with Crippen molar-refractivity contribution < 1.29 is 28.0 Å². The number of sulfonamides is 1. The van der Waals surface area contributed by atoms with Gasteiger partial charge in [0.1, 0.15) is 0 Å². The third kappa shape index (κ3) is 3.95. The average Bonchev–Trinajstić information content (AvgIpc) is 2.83. The largest absolute Gasteiger partial charge is 0.478 e. The molecule has 4 rings (SSSR count). The highest BCUT2D eigenvalue weighted by molar-refractivity contribution is 7.93. The summed E-state index contributed by atoms with van der Waals surface area (Å²) in [4.78, 5) is 39.4. The van der Waals surface area contributed by atoms with Crippen molar-refractivity contribution in [1.29, 1.82) is 0 Å². The minimum Gasteiger partial charge on any atom is -0.478 e. The first-order valence-electron chi connectivity index (χ1n) is 9.72. The Balaban J connectivity index is 2.00. The summed E-state index contributed by atoms with van der Waals surface area (Å²) >= 11 is 0. The molecular weight excluding hydrogens is 462 g/mol. The first-order valence-corrected chi connectivity index (χ1v) is 11.2. The number of carbonyl (C=O) groups is 2. The molecule has 0 aliphatic rings. The van der Waals surface area contributed by atoms with Crippen LogP contribution in [-0.2, 0) is 10.0 Å². The number of nitro benzene ring substituents is 1. The highest BCUT2D eigenvalue weighted by atomic mass is 32.2. The van der Waals surface area contributed by atoms with Gasteiger partial charge >= 0.3 is 5.97 Å². The van der Waals surface area contributed by atoms with Gasteiger partial charge in [-0.05, 0) is 30.3 Å². The van der Waals surface area contributed by atoms with Gasteiger partial charge in [-0.1, -0.05) is 42.5 Å². The van der Waals surface area contributed by atoms with Crippen LogP contribution in [0.15, 0.2) is 90.0 Å². The van der Waals surface area contributed by atoms with Crippen LogP contribution in [0.2, 0.25) is 0 Å². The summed E-state index contributed by atoms with van der Waals surface area (Å²) in [5.41, 5.74) is -1.26. The zero-order valence-corrected chi connectivity index (χ0v) is 18.0. The highest BCUT2D eigenvalue weighted by Gasteiger charge is 2.38. The van der Waals surface area contributed by atoms with E-state index in [1.807, 2.05) is 0 Å². The molecule has 0 unspecified atom stereocenters. The molecule has 11 heteroatoms. The number of aromatic nitrogens is 1. The fraction of sp³-hybridized carbons (Fsp3) is 0. The standard InChI is InChI=1S/C23H15N3O7S/c27-22(17-8-2-3-9-18(17)23(28)29)25(16-13-15-7-1-4-10-19(15)24-14-16)34(32,33)21-12-6-5-11-20(21)26(30)31/h1-14H,(H,28,29). The summed E-state index contributed by atoms with van der Waals surface area (Å²) in [6, 6.07) is 17.8. The van der Waals surface area contributed by atoms with Crippen molar-refractivity contribution in [2.75, 3.05) is 4.31 Å². The van der Waals surface area contributed by atoms with E-state index >= 15 is 0 Å². The first-order chi connectivity index (χ1) is 16.2. The molecule has 4 aromatic rings. The molecule has 0 aliphatic carbocycles. The van der Waals surface area contributed by atoms with Gasteiger partial charge in [-0.2, -0.15) is 4.31 Å². The SMILES string of the molecule is O=C(O)c1ccccc1C(=O)N(c1cnc2ccccc2c1)S(=O)(=O)c1ccccc1[N+](=O)[O-]. The molecule has 1 amide bonds. The van der Waals surface area contributed by atoms with Gasteiger partial charge in [0.25, 0.3) is 21.6 Å². The van der Waals surface area contributed by atoms with Crippen LogP contribution >= 0.6 is 0 Å². The second-order valence-corrected chi connectivity index (χ2v) is 8.79. The zero-order chi connectivity index (χ0) is 24.5. The van der Waals surface area contributed by atoms with Gasteiger partial charge in [0.05, 0.1) is 33.5 Å². The molecule has 0 fully saturated rings. The number of para-hydroxylation sites is 2. The molecule has 3 aromatic carbocycles. The molecule has 0 bridgehead atoms. The maximum Gasteiger partial charge on any atom is 0.336 e. The van der Waals surface area contributed by atoms with E-state index in [1.165, 1.54) is 36.4 Å². The van der Waals surface area contributed by atoms with Crippen LogP contribution in [0.25, 0.3) is 10.9 Å². The lowest BCUT2D eigenvalue weighted by molar-refractivity contribution is -0.387. The monoisotopic (exact) mass is 477 g/mol. The van der Waals surface area contributed by atoms with E-state index in [0.717, 1.165) is 24.4 Å². The van der Waals surface area contributed by atoms with E-state index in [-0.39, 0.29) is 5.69 Å². The van der Waals surface area contributed by atoms with E-state index in [2.05, 4.69) is 4.98 Å². The first kappa shape index (κ1) is 22.6. The summed E-state index contributed by atoms with van der Waals surface area (Å²) in [6.07, 6.45) is 1.13. The summed E-state index contributed by atoms with van der Waals surface area (Å²) in [6.45, 7) is 0. The molecular formula is C23H15N3O7S. The number of hydrogen-bond acceptors (Lipinski definition) is 7. The van der Waals surface area contributed by atoms with Crippen molar-refractivity contribution in [2.45, 2.75) is 4.90 Å². The molecule has 0 aliphatic heterocycles. The molecule has 34 heavy (non-hydrogen) atoms. The molecule has 0 saturated carbocycles. The summed E-state index contributed by atoms with van der Waals surface area (Å²) < 4.78 is 27.8. The Bertz CT molecular complexity index is 1570. The van der Waals surface area contributed by atoms with Crippen molar-refractivity contribution in [1.82, 2.24) is 4.98 Å². The van der Waals surface area contributed by atoms with Crippen molar-refractivity contribution in [2.24, 2.45) is 0 Å². The summed E-state index contributed by atoms with van der Waals surface area (Å²) in [5.74, 6) is -2.64. The molecule has 1 heterocycles. The van der Waals surface area contributed by atoms with E-state index in [9.17, 15) is 33.2 Å². The molecule has 10 nitrogen and oxygen atoms in total. The van der Waals surface area contributed by atoms with Crippen LogP contribution < -0.4 is 4.31 Å². The van der Waals surface area contributed by atoms with Gasteiger partial charge in [-0.3, -0.25) is 19.9 Å². The minimum atomic E-state index is -4.88. The van der Waals surface area contributed by atoms with Crippen LogP contribution in [0.3, 0.4) is 0 Å². The number of pyridine rings is 1.